The van der Waals surface area contributed by atoms with Crippen molar-refractivity contribution in [3.8, 4) is 0 Å². The van der Waals surface area contributed by atoms with E-state index < -0.39 is 0 Å². The van der Waals surface area contributed by atoms with Gasteiger partial charge in [-0.3, -0.25) is 0 Å². The Balaban J connectivity index is 2.00. The van der Waals surface area contributed by atoms with E-state index in [1.165, 1.54) is 16.1 Å². The molecule has 96 valence electrons. The fourth-order valence-electron chi connectivity index (χ4n) is 1.91. The van der Waals surface area contributed by atoms with Crippen LogP contribution in [0.1, 0.15) is 16.1 Å². The molecule has 0 aliphatic carbocycles. The molecule has 2 rings (SSSR count). The molecule has 0 atom stereocenters. The van der Waals surface area contributed by atoms with Crippen molar-refractivity contribution in [1.29, 1.82) is 0 Å². The monoisotopic (exact) mass is 261 g/mol. The van der Waals surface area contributed by atoms with Crippen LogP contribution in [0.2, 0.25) is 0 Å². The molecule has 2 N–H and O–H groups in total. The average Bonchev–Trinajstić information content (AvgIpc) is 2.66. The number of nitrogens with two attached hydrogens (primary N) is 1. The molecular formula is C14H19N3S. The molecular weight excluding hydrogens is 242 g/mol. The van der Waals surface area contributed by atoms with E-state index in [1.54, 1.807) is 11.3 Å². The lowest BCUT2D eigenvalue weighted by atomic mass is 10.1. The Labute approximate surface area is 112 Å². The van der Waals surface area contributed by atoms with Gasteiger partial charge in [-0.15, -0.1) is 11.3 Å². The first-order chi connectivity index (χ1) is 8.56. The van der Waals surface area contributed by atoms with E-state index >= 15 is 0 Å². The zero-order chi connectivity index (χ0) is 13.1. The van der Waals surface area contributed by atoms with Gasteiger partial charge in [0.1, 0.15) is 0 Å². The number of rotatable bonds is 4. The van der Waals surface area contributed by atoms with Crippen molar-refractivity contribution in [2.24, 2.45) is 0 Å². The molecule has 1 aromatic carbocycles. The molecule has 1 aromatic heterocycles. The highest BCUT2D eigenvalue weighted by atomic mass is 32.1. The van der Waals surface area contributed by atoms with E-state index in [9.17, 15) is 0 Å². The molecule has 2 aromatic rings. The van der Waals surface area contributed by atoms with Crippen LogP contribution in [-0.2, 0) is 12.8 Å². The number of benzene rings is 1. The van der Waals surface area contributed by atoms with Crippen molar-refractivity contribution in [1.82, 2.24) is 4.98 Å². The van der Waals surface area contributed by atoms with Crippen molar-refractivity contribution in [3.05, 3.63) is 40.4 Å². The number of hydrogen-bond acceptors (Lipinski definition) is 4. The van der Waals surface area contributed by atoms with Gasteiger partial charge >= 0.3 is 0 Å². The lowest BCUT2D eigenvalue weighted by Crippen LogP contribution is -2.08. The van der Waals surface area contributed by atoms with E-state index in [0.717, 1.165) is 18.5 Å². The van der Waals surface area contributed by atoms with Crippen molar-refractivity contribution >= 4 is 22.2 Å². The first-order valence-corrected chi connectivity index (χ1v) is 6.86. The van der Waals surface area contributed by atoms with Gasteiger partial charge in [-0.25, -0.2) is 4.98 Å². The largest absolute Gasteiger partial charge is 0.378 e. The molecule has 0 bridgehead atoms. The Morgan fingerprint density at radius 2 is 1.83 bits per heavy atom. The summed E-state index contributed by atoms with van der Waals surface area (Å²) < 4.78 is 0. The summed E-state index contributed by atoms with van der Waals surface area (Å²) in [6.07, 6.45) is 1.97. The van der Waals surface area contributed by atoms with Crippen LogP contribution in [0, 0.1) is 6.92 Å². The molecule has 0 spiro atoms. The number of nitrogens with zero attached hydrogens (tertiary/aromatic N) is 2. The van der Waals surface area contributed by atoms with Crippen molar-refractivity contribution in [3.63, 3.8) is 0 Å². The highest BCUT2D eigenvalue weighted by Gasteiger charge is 2.05. The third kappa shape index (κ3) is 3.01. The summed E-state index contributed by atoms with van der Waals surface area (Å²) in [7, 11) is 4.10. The van der Waals surface area contributed by atoms with Crippen molar-refractivity contribution in [2.75, 3.05) is 24.7 Å². The Morgan fingerprint density at radius 1 is 1.17 bits per heavy atom. The maximum atomic E-state index is 5.70. The van der Waals surface area contributed by atoms with Gasteiger partial charge in [0, 0.05) is 24.7 Å². The third-order valence-corrected chi connectivity index (χ3v) is 3.85. The maximum absolute atomic E-state index is 5.70. The SMILES string of the molecule is Cc1sc(N)nc1CCc1ccc(N(C)C)cc1. The molecule has 0 saturated carbocycles. The molecule has 0 saturated heterocycles. The van der Waals surface area contributed by atoms with Gasteiger partial charge in [-0.2, -0.15) is 0 Å². The number of hydrogen-bond donors (Lipinski definition) is 1. The average molecular weight is 261 g/mol. The second-order valence-corrected chi connectivity index (χ2v) is 5.85. The van der Waals surface area contributed by atoms with E-state index in [-0.39, 0.29) is 0 Å². The Morgan fingerprint density at radius 3 is 2.33 bits per heavy atom. The lowest BCUT2D eigenvalue weighted by molar-refractivity contribution is 0.917. The molecule has 0 unspecified atom stereocenters. The highest BCUT2D eigenvalue weighted by Crippen LogP contribution is 2.21. The smallest absolute Gasteiger partial charge is 0.180 e. The first-order valence-electron chi connectivity index (χ1n) is 6.04. The van der Waals surface area contributed by atoms with Gasteiger partial charge < -0.3 is 10.6 Å². The molecule has 18 heavy (non-hydrogen) atoms. The summed E-state index contributed by atoms with van der Waals surface area (Å²) in [6.45, 7) is 2.08. The van der Waals surface area contributed by atoms with E-state index in [4.69, 9.17) is 5.73 Å². The molecule has 3 nitrogen and oxygen atoms in total. The molecule has 0 amide bonds. The Bertz CT molecular complexity index is 514. The van der Waals surface area contributed by atoms with Crippen LogP contribution in [-0.4, -0.2) is 19.1 Å². The van der Waals surface area contributed by atoms with Gasteiger partial charge in [-0.1, -0.05) is 12.1 Å². The molecule has 0 aliphatic rings. The highest BCUT2D eigenvalue weighted by molar-refractivity contribution is 7.15. The van der Waals surface area contributed by atoms with Crippen molar-refractivity contribution in [2.45, 2.75) is 19.8 Å². The second-order valence-electron chi connectivity index (χ2n) is 4.62. The van der Waals surface area contributed by atoms with Crippen molar-refractivity contribution < 1.29 is 0 Å². The normalized spacial score (nSPS) is 10.6. The summed E-state index contributed by atoms with van der Waals surface area (Å²) in [5, 5.41) is 0.672. The lowest BCUT2D eigenvalue weighted by Gasteiger charge is -2.12. The van der Waals surface area contributed by atoms with E-state index in [2.05, 4.69) is 55.2 Å². The molecule has 0 fully saturated rings. The zero-order valence-electron chi connectivity index (χ0n) is 11.1. The van der Waals surface area contributed by atoms with E-state index in [0.29, 0.717) is 5.13 Å². The number of nitrogen functional groups attached to an aromatic ring is 1. The third-order valence-electron chi connectivity index (χ3n) is 3.01. The van der Waals surface area contributed by atoms with Crippen LogP contribution < -0.4 is 10.6 Å². The molecule has 0 radical (unpaired) electrons. The zero-order valence-corrected chi connectivity index (χ0v) is 11.9. The standard InChI is InChI=1S/C14H19N3S/c1-10-13(16-14(15)18-10)9-6-11-4-7-12(8-5-11)17(2)3/h4-5,7-8H,6,9H2,1-3H3,(H2,15,16). The summed E-state index contributed by atoms with van der Waals surface area (Å²) in [4.78, 5) is 7.70. The number of thiazole rings is 1. The van der Waals surface area contributed by atoms with Gasteiger partial charge in [0.25, 0.3) is 0 Å². The topological polar surface area (TPSA) is 42.1 Å². The van der Waals surface area contributed by atoms with Crippen LogP contribution in [0.3, 0.4) is 0 Å². The number of aromatic nitrogens is 1. The van der Waals surface area contributed by atoms with Gasteiger partial charge in [0.05, 0.1) is 5.69 Å². The predicted molar refractivity (Wildman–Crippen MR) is 79.4 cm³/mol. The van der Waals surface area contributed by atoms with Crippen LogP contribution in [0.4, 0.5) is 10.8 Å². The predicted octanol–water partition coefficient (Wildman–Crippen LogP) is 2.88. The first kappa shape index (κ1) is 12.9. The summed E-state index contributed by atoms with van der Waals surface area (Å²) in [5.41, 5.74) is 9.41. The minimum absolute atomic E-state index is 0.672. The minimum atomic E-state index is 0.672. The minimum Gasteiger partial charge on any atom is -0.378 e. The Kier molecular flexibility index (Phi) is 3.87. The van der Waals surface area contributed by atoms with Gasteiger partial charge in [-0.05, 0) is 37.5 Å². The van der Waals surface area contributed by atoms with Gasteiger partial charge in [0.15, 0.2) is 5.13 Å². The Hall–Kier alpha value is -1.55. The summed E-state index contributed by atoms with van der Waals surface area (Å²) >= 11 is 1.57. The molecule has 0 aliphatic heterocycles. The summed E-state index contributed by atoms with van der Waals surface area (Å²) in [6, 6.07) is 8.66. The molecule has 1 heterocycles. The fourth-order valence-corrected chi connectivity index (χ4v) is 2.64. The van der Waals surface area contributed by atoms with Crippen LogP contribution in [0.25, 0.3) is 0 Å². The van der Waals surface area contributed by atoms with Crippen LogP contribution in [0.5, 0.6) is 0 Å². The number of aryl methyl sites for hydroxylation is 3. The second kappa shape index (κ2) is 5.40. The van der Waals surface area contributed by atoms with E-state index in [1.807, 2.05) is 0 Å². The molecule has 4 heteroatoms. The van der Waals surface area contributed by atoms with Crippen LogP contribution >= 0.6 is 11.3 Å². The summed E-state index contributed by atoms with van der Waals surface area (Å²) in [5.74, 6) is 0. The van der Waals surface area contributed by atoms with Crippen LogP contribution in [0.15, 0.2) is 24.3 Å². The fraction of sp³-hybridized carbons (Fsp3) is 0.357. The van der Waals surface area contributed by atoms with Gasteiger partial charge in [0.2, 0.25) is 0 Å². The maximum Gasteiger partial charge on any atom is 0.180 e. The quantitative estimate of drug-likeness (QED) is 0.920. The number of anilines is 2.